The van der Waals surface area contributed by atoms with Crippen LogP contribution in [-0.4, -0.2) is 52.7 Å². The number of nitrogens with one attached hydrogen (secondary N) is 2. The highest BCUT2D eigenvalue weighted by atomic mass is 19.4. The minimum absolute atomic E-state index is 0.0574. The lowest BCUT2D eigenvalue weighted by atomic mass is 10.0. The Balaban J connectivity index is 1.62. The molecular weight excluding hydrogens is 470 g/mol. The molecule has 34 heavy (non-hydrogen) atoms. The normalized spacial score (nSPS) is 19.5. The largest absolute Gasteiger partial charge is 0.461 e. The molecule has 0 spiro atoms. The molecule has 1 aliphatic heterocycles. The second-order valence-corrected chi connectivity index (χ2v) is 7.76. The van der Waals surface area contributed by atoms with Crippen LogP contribution < -0.4 is 10.1 Å². The van der Waals surface area contributed by atoms with Crippen LogP contribution >= 0.6 is 0 Å². The first-order valence-corrected chi connectivity index (χ1v) is 9.94. The molecule has 2 aromatic heterocycles. The van der Waals surface area contributed by atoms with E-state index in [9.17, 15) is 26.3 Å². The van der Waals surface area contributed by atoms with E-state index in [1.165, 1.54) is 12.3 Å². The lowest BCUT2D eigenvalue weighted by molar-refractivity contribution is -0.146. The first-order chi connectivity index (χ1) is 16.0. The van der Waals surface area contributed by atoms with Gasteiger partial charge in [0.2, 0.25) is 0 Å². The number of benzene rings is 1. The van der Waals surface area contributed by atoms with Crippen LogP contribution in [0.4, 0.5) is 32.0 Å². The number of pyridine rings is 1. The van der Waals surface area contributed by atoms with Crippen LogP contribution in [0.5, 0.6) is 11.5 Å². The highest BCUT2D eigenvalue weighted by Gasteiger charge is 2.39. The van der Waals surface area contributed by atoms with Crippen molar-refractivity contribution in [2.45, 2.75) is 24.7 Å². The SMILES string of the molecule is C[C@@H](c1c[nH]c2nccc(Oc3c(F)cc(NC4=NC[C@](F)(CO)CO4)cc3F)c12)C(F)(F)F. The van der Waals surface area contributed by atoms with Crippen molar-refractivity contribution in [2.24, 2.45) is 4.99 Å². The fourth-order valence-electron chi connectivity index (χ4n) is 3.29. The molecule has 0 saturated carbocycles. The number of aliphatic hydroxyl groups is 1. The quantitative estimate of drug-likeness (QED) is 0.449. The predicted molar refractivity (Wildman–Crippen MR) is 110 cm³/mol. The summed E-state index contributed by atoms with van der Waals surface area (Å²) >= 11 is 0. The molecule has 1 aromatic carbocycles. The van der Waals surface area contributed by atoms with E-state index in [4.69, 9.17) is 14.6 Å². The van der Waals surface area contributed by atoms with E-state index in [2.05, 4.69) is 20.3 Å². The van der Waals surface area contributed by atoms with E-state index in [0.29, 0.717) is 0 Å². The van der Waals surface area contributed by atoms with E-state index in [-0.39, 0.29) is 34.1 Å². The summed E-state index contributed by atoms with van der Waals surface area (Å²) in [5, 5.41) is 11.4. The van der Waals surface area contributed by atoms with Crippen LogP contribution in [0, 0.1) is 11.6 Å². The summed E-state index contributed by atoms with van der Waals surface area (Å²) in [7, 11) is 0. The molecule has 1 aliphatic rings. The second-order valence-electron chi connectivity index (χ2n) is 7.76. The average Bonchev–Trinajstić information content (AvgIpc) is 3.21. The highest BCUT2D eigenvalue weighted by Crippen LogP contribution is 2.42. The summed E-state index contributed by atoms with van der Waals surface area (Å²) < 4.78 is 93.6. The Kier molecular flexibility index (Phi) is 6.06. The van der Waals surface area contributed by atoms with Crippen LogP contribution in [0.2, 0.25) is 0 Å². The first kappa shape index (κ1) is 23.7. The van der Waals surface area contributed by atoms with Gasteiger partial charge in [0.25, 0.3) is 6.02 Å². The summed E-state index contributed by atoms with van der Waals surface area (Å²) in [6.45, 7) is -0.767. The second kappa shape index (κ2) is 8.70. The number of H-pyrrole nitrogens is 1. The fourth-order valence-corrected chi connectivity index (χ4v) is 3.29. The number of nitrogens with zero attached hydrogens (tertiary/aromatic N) is 2. The topological polar surface area (TPSA) is 91.8 Å². The van der Waals surface area contributed by atoms with Crippen molar-refractivity contribution in [3.05, 3.63) is 47.8 Å². The van der Waals surface area contributed by atoms with Crippen molar-refractivity contribution < 1.29 is 40.9 Å². The molecule has 0 bridgehead atoms. The molecule has 7 nitrogen and oxygen atoms in total. The van der Waals surface area contributed by atoms with Gasteiger partial charge in [-0.15, -0.1) is 0 Å². The first-order valence-electron chi connectivity index (χ1n) is 9.94. The number of aliphatic hydroxyl groups excluding tert-OH is 1. The van der Waals surface area contributed by atoms with Crippen molar-refractivity contribution >= 4 is 22.7 Å². The van der Waals surface area contributed by atoms with Gasteiger partial charge in [-0.3, -0.25) is 0 Å². The Morgan fingerprint density at radius 3 is 2.59 bits per heavy atom. The Morgan fingerprint density at radius 2 is 2.00 bits per heavy atom. The van der Waals surface area contributed by atoms with Crippen molar-refractivity contribution in [1.29, 1.82) is 0 Å². The van der Waals surface area contributed by atoms with E-state index >= 15 is 0 Å². The Hall–Kier alpha value is -3.48. The predicted octanol–water partition coefficient (Wildman–Crippen LogP) is 4.80. The van der Waals surface area contributed by atoms with Gasteiger partial charge in [0, 0.05) is 30.2 Å². The Bertz CT molecular complexity index is 1220. The number of alkyl halides is 4. The lowest BCUT2D eigenvalue weighted by Crippen LogP contribution is -2.43. The van der Waals surface area contributed by atoms with Crippen LogP contribution in [0.25, 0.3) is 11.0 Å². The summed E-state index contributed by atoms with van der Waals surface area (Å²) in [5.41, 5.74) is -2.31. The third-order valence-corrected chi connectivity index (χ3v) is 5.24. The summed E-state index contributed by atoms with van der Waals surface area (Å²) in [6.07, 6.45) is -2.22. The monoisotopic (exact) mass is 488 g/mol. The molecule has 3 aromatic rings. The van der Waals surface area contributed by atoms with Crippen LogP contribution in [-0.2, 0) is 4.74 Å². The van der Waals surface area contributed by atoms with Crippen molar-refractivity contribution in [3.63, 3.8) is 0 Å². The molecule has 4 rings (SSSR count). The molecule has 3 heterocycles. The highest BCUT2D eigenvalue weighted by molar-refractivity contribution is 5.90. The molecule has 0 radical (unpaired) electrons. The zero-order valence-corrected chi connectivity index (χ0v) is 17.5. The van der Waals surface area contributed by atoms with Gasteiger partial charge in [0.05, 0.1) is 24.5 Å². The molecule has 13 heteroatoms. The van der Waals surface area contributed by atoms with Gasteiger partial charge >= 0.3 is 6.18 Å². The summed E-state index contributed by atoms with van der Waals surface area (Å²) in [5.74, 6) is -5.29. The van der Waals surface area contributed by atoms with Crippen LogP contribution in [0.1, 0.15) is 18.4 Å². The van der Waals surface area contributed by atoms with Crippen LogP contribution in [0.15, 0.2) is 35.6 Å². The van der Waals surface area contributed by atoms with Gasteiger partial charge in [-0.1, -0.05) is 0 Å². The van der Waals surface area contributed by atoms with Gasteiger partial charge in [0.15, 0.2) is 23.1 Å². The van der Waals surface area contributed by atoms with Crippen molar-refractivity contribution in [2.75, 3.05) is 25.1 Å². The standard InChI is InChI=1S/C21H18F6N4O3/c1-10(21(25,26)27)12-6-29-18-16(12)15(2-3-28-18)34-17-13(22)4-11(5-14(17)23)31-19-30-7-20(24,8-32)9-33-19/h2-6,10,32H,7-9H2,1H3,(H,28,29)(H,30,31)/t10-,20-/m0/s1. The zero-order valence-electron chi connectivity index (χ0n) is 17.5. The molecular formula is C21H18F6N4O3. The number of rotatable bonds is 5. The average molecular weight is 488 g/mol. The molecule has 2 atom stereocenters. The third kappa shape index (κ3) is 4.60. The van der Waals surface area contributed by atoms with Gasteiger partial charge in [-0.25, -0.2) is 23.1 Å². The number of halogens is 6. The maximum atomic E-state index is 14.7. The van der Waals surface area contributed by atoms with E-state index in [1.54, 1.807) is 0 Å². The van der Waals surface area contributed by atoms with E-state index in [1.807, 2.05) is 0 Å². The lowest BCUT2D eigenvalue weighted by Gasteiger charge is -2.26. The molecule has 0 saturated heterocycles. The number of amidine groups is 1. The summed E-state index contributed by atoms with van der Waals surface area (Å²) in [4.78, 5) is 10.3. The number of hydrogen-bond donors (Lipinski definition) is 3. The van der Waals surface area contributed by atoms with Crippen molar-refractivity contribution in [1.82, 2.24) is 9.97 Å². The van der Waals surface area contributed by atoms with E-state index < -0.39 is 54.9 Å². The molecule has 3 N–H and O–H groups in total. The van der Waals surface area contributed by atoms with Crippen LogP contribution in [0.3, 0.4) is 0 Å². The number of aromatic nitrogens is 2. The minimum atomic E-state index is -4.56. The van der Waals surface area contributed by atoms with Gasteiger partial charge < -0.3 is 24.9 Å². The fraction of sp³-hybridized carbons (Fsp3) is 0.333. The molecule has 0 fully saturated rings. The summed E-state index contributed by atoms with van der Waals surface area (Å²) in [6, 6.07) is 2.69. The number of fused-ring (bicyclic) bond motifs is 1. The minimum Gasteiger partial charge on any atom is -0.461 e. The van der Waals surface area contributed by atoms with Gasteiger partial charge in [-0.05, 0) is 18.6 Å². The number of anilines is 1. The van der Waals surface area contributed by atoms with Crippen molar-refractivity contribution in [3.8, 4) is 11.5 Å². The molecule has 0 aliphatic carbocycles. The number of aromatic amines is 1. The Labute approximate surface area is 188 Å². The molecule has 182 valence electrons. The smallest absolute Gasteiger partial charge is 0.395 e. The molecule has 0 amide bonds. The maximum Gasteiger partial charge on any atom is 0.395 e. The Morgan fingerprint density at radius 1 is 1.29 bits per heavy atom. The van der Waals surface area contributed by atoms with Gasteiger partial charge in [0.1, 0.15) is 18.0 Å². The number of hydrogen-bond acceptors (Lipinski definition) is 6. The maximum absolute atomic E-state index is 14.7. The number of ether oxygens (including phenoxy) is 2. The number of aliphatic imine (C=N–C) groups is 1. The van der Waals surface area contributed by atoms with Gasteiger partial charge in [-0.2, -0.15) is 13.2 Å². The molecule has 0 unspecified atom stereocenters. The third-order valence-electron chi connectivity index (χ3n) is 5.24. The van der Waals surface area contributed by atoms with E-state index in [0.717, 1.165) is 25.3 Å². The zero-order chi connectivity index (χ0) is 24.7.